The average Bonchev–Trinajstić information content (AvgIpc) is 2.41. The van der Waals surface area contributed by atoms with Crippen molar-refractivity contribution in [2.24, 2.45) is 11.8 Å². The van der Waals surface area contributed by atoms with Gasteiger partial charge in [0.15, 0.2) is 0 Å². The van der Waals surface area contributed by atoms with E-state index in [-0.39, 0.29) is 11.8 Å². The van der Waals surface area contributed by atoms with E-state index in [1.807, 2.05) is 4.90 Å². The number of amides is 1. The van der Waals surface area contributed by atoms with Crippen LogP contribution in [0.15, 0.2) is 0 Å². The molecule has 1 rings (SSSR count). The van der Waals surface area contributed by atoms with Crippen LogP contribution in [0.4, 0.5) is 0 Å². The van der Waals surface area contributed by atoms with E-state index in [0.29, 0.717) is 38.7 Å². The fourth-order valence-electron chi connectivity index (χ4n) is 2.64. The van der Waals surface area contributed by atoms with Gasteiger partial charge in [0, 0.05) is 33.3 Å². The molecule has 0 N–H and O–H groups in total. The van der Waals surface area contributed by atoms with E-state index in [1.165, 1.54) is 10.6 Å². The SMILES string of the molecule is COCCN(CC(C)C)C(=O)C1CCCN(S(C)(=O)=O)C1. The largest absolute Gasteiger partial charge is 0.383 e. The van der Waals surface area contributed by atoms with Gasteiger partial charge in [0.25, 0.3) is 0 Å². The number of hydrogen-bond acceptors (Lipinski definition) is 4. The van der Waals surface area contributed by atoms with Crippen LogP contribution >= 0.6 is 0 Å². The molecule has 0 aliphatic carbocycles. The van der Waals surface area contributed by atoms with Crippen LogP contribution < -0.4 is 0 Å². The number of nitrogens with zero attached hydrogens (tertiary/aromatic N) is 2. The van der Waals surface area contributed by atoms with Gasteiger partial charge in [-0.25, -0.2) is 12.7 Å². The highest BCUT2D eigenvalue weighted by molar-refractivity contribution is 7.88. The Morgan fingerprint density at radius 3 is 2.62 bits per heavy atom. The van der Waals surface area contributed by atoms with Crippen molar-refractivity contribution in [2.75, 3.05) is 46.2 Å². The first-order valence-corrected chi connectivity index (χ1v) is 9.33. The highest BCUT2D eigenvalue weighted by Crippen LogP contribution is 2.21. The molecule has 1 aliphatic rings. The maximum absolute atomic E-state index is 12.7. The molecule has 21 heavy (non-hydrogen) atoms. The Morgan fingerprint density at radius 1 is 1.43 bits per heavy atom. The van der Waals surface area contributed by atoms with Gasteiger partial charge < -0.3 is 9.64 Å². The van der Waals surface area contributed by atoms with Crippen molar-refractivity contribution < 1.29 is 17.9 Å². The molecule has 0 radical (unpaired) electrons. The normalized spacial score (nSPS) is 20.7. The molecule has 0 bridgehead atoms. The Kier molecular flexibility index (Phi) is 7.09. The van der Waals surface area contributed by atoms with Gasteiger partial charge in [-0.3, -0.25) is 4.79 Å². The summed E-state index contributed by atoms with van der Waals surface area (Å²) in [4.78, 5) is 14.5. The number of sulfonamides is 1. The lowest BCUT2D eigenvalue weighted by Gasteiger charge is -2.34. The zero-order chi connectivity index (χ0) is 16.0. The smallest absolute Gasteiger partial charge is 0.227 e. The molecule has 0 aromatic carbocycles. The average molecular weight is 320 g/mol. The monoisotopic (exact) mass is 320 g/mol. The fourth-order valence-corrected chi connectivity index (χ4v) is 3.55. The molecule has 124 valence electrons. The molecule has 0 spiro atoms. The highest BCUT2D eigenvalue weighted by Gasteiger charge is 2.32. The maximum Gasteiger partial charge on any atom is 0.227 e. The van der Waals surface area contributed by atoms with Crippen LogP contribution in [0.2, 0.25) is 0 Å². The number of carbonyl (C=O) groups excluding carboxylic acids is 1. The predicted molar refractivity (Wildman–Crippen MR) is 82.4 cm³/mol. The van der Waals surface area contributed by atoms with Gasteiger partial charge in [0.2, 0.25) is 15.9 Å². The van der Waals surface area contributed by atoms with E-state index in [2.05, 4.69) is 13.8 Å². The molecule has 0 saturated carbocycles. The summed E-state index contributed by atoms with van der Waals surface area (Å²) >= 11 is 0. The third-order valence-corrected chi connectivity index (χ3v) is 4.93. The summed E-state index contributed by atoms with van der Waals surface area (Å²) in [6.07, 6.45) is 2.70. The van der Waals surface area contributed by atoms with Crippen molar-refractivity contribution in [1.82, 2.24) is 9.21 Å². The van der Waals surface area contributed by atoms with E-state index in [1.54, 1.807) is 7.11 Å². The highest BCUT2D eigenvalue weighted by atomic mass is 32.2. The molecule has 1 fully saturated rings. The van der Waals surface area contributed by atoms with E-state index in [9.17, 15) is 13.2 Å². The van der Waals surface area contributed by atoms with Crippen molar-refractivity contribution in [2.45, 2.75) is 26.7 Å². The van der Waals surface area contributed by atoms with Crippen molar-refractivity contribution in [1.29, 1.82) is 0 Å². The van der Waals surface area contributed by atoms with Crippen molar-refractivity contribution in [3.8, 4) is 0 Å². The summed E-state index contributed by atoms with van der Waals surface area (Å²) in [5, 5.41) is 0. The summed E-state index contributed by atoms with van der Waals surface area (Å²) in [6, 6.07) is 0. The van der Waals surface area contributed by atoms with E-state index >= 15 is 0 Å². The fraction of sp³-hybridized carbons (Fsp3) is 0.929. The Morgan fingerprint density at radius 2 is 2.10 bits per heavy atom. The number of piperidine rings is 1. The molecular weight excluding hydrogens is 292 g/mol. The summed E-state index contributed by atoms with van der Waals surface area (Å²) in [7, 11) is -1.61. The third-order valence-electron chi connectivity index (χ3n) is 3.66. The Bertz CT molecular complexity index is 436. The summed E-state index contributed by atoms with van der Waals surface area (Å²) in [5.74, 6) is 0.193. The lowest BCUT2D eigenvalue weighted by atomic mass is 9.97. The van der Waals surface area contributed by atoms with Crippen molar-refractivity contribution in [3.63, 3.8) is 0 Å². The molecule has 1 unspecified atom stereocenters. The first-order chi connectivity index (χ1) is 9.75. The van der Waals surface area contributed by atoms with Gasteiger partial charge in [-0.1, -0.05) is 13.8 Å². The minimum absolute atomic E-state index is 0.0501. The number of rotatable bonds is 7. The molecule has 1 aliphatic heterocycles. The minimum Gasteiger partial charge on any atom is -0.383 e. The molecule has 1 atom stereocenters. The van der Waals surface area contributed by atoms with E-state index in [0.717, 1.165) is 12.8 Å². The van der Waals surface area contributed by atoms with Gasteiger partial charge in [-0.2, -0.15) is 0 Å². The van der Waals surface area contributed by atoms with E-state index in [4.69, 9.17) is 4.74 Å². The van der Waals surface area contributed by atoms with Gasteiger partial charge in [-0.05, 0) is 18.8 Å². The van der Waals surface area contributed by atoms with Crippen LogP contribution in [0.25, 0.3) is 0 Å². The Balaban J connectivity index is 2.73. The molecule has 0 aromatic heterocycles. The lowest BCUT2D eigenvalue weighted by molar-refractivity contribution is -0.137. The molecule has 0 aromatic rings. The lowest BCUT2D eigenvalue weighted by Crippen LogP contribution is -2.48. The Labute approximate surface area is 128 Å². The first kappa shape index (κ1) is 18.4. The van der Waals surface area contributed by atoms with Gasteiger partial charge in [0.05, 0.1) is 18.8 Å². The zero-order valence-electron chi connectivity index (χ0n) is 13.5. The maximum atomic E-state index is 12.7. The molecular formula is C14H28N2O4S. The van der Waals surface area contributed by atoms with Gasteiger partial charge in [-0.15, -0.1) is 0 Å². The predicted octanol–water partition coefficient (Wildman–Crippen LogP) is 0.789. The number of carbonyl (C=O) groups is 1. The first-order valence-electron chi connectivity index (χ1n) is 7.48. The third kappa shape index (κ3) is 5.92. The summed E-state index contributed by atoms with van der Waals surface area (Å²) < 4.78 is 29.8. The number of methoxy groups -OCH3 is 1. The number of hydrogen-bond donors (Lipinski definition) is 0. The van der Waals surface area contributed by atoms with E-state index < -0.39 is 10.0 Å². The van der Waals surface area contributed by atoms with Crippen LogP contribution in [0.3, 0.4) is 0 Å². The molecule has 7 heteroatoms. The van der Waals surface area contributed by atoms with Crippen molar-refractivity contribution in [3.05, 3.63) is 0 Å². The quantitative estimate of drug-likeness (QED) is 0.695. The van der Waals surface area contributed by atoms with Crippen molar-refractivity contribution >= 4 is 15.9 Å². The second-order valence-corrected chi connectivity index (χ2v) is 8.11. The summed E-state index contributed by atoms with van der Waals surface area (Å²) in [6.45, 7) is 6.69. The van der Waals surface area contributed by atoms with Gasteiger partial charge in [0.1, 0.15) is 0 Å². The Hall–Kier alpha value is -0.660. The molecule has 1 saturated heterocycles. The van der Waals surface area contributed by atoms with Crippen LogP contribution in [0.1, 0.15) is 26.7 Å². The van der Waals surface area contributed by atoms with Crippen LogP contribution in [0, 0.1) is 11.8 Å². The minimum atomic E-state index is -3.22. The topological polar surface area (TPSA) is 66.9 Å². The molecule has 1 amide bonds. The number of ether oxygens (including phenoxy) is 1. The molecule has 6 nitrogen and oxygen atoms in total. The van der Waals surface area contributed by atoms with Crippen LogP contribution in [-0.4, -0.2) is 69.7 Å². The van der Waals surface area contributed by atoms with Gasteiger partial charge >= 0.3 is 0 Å². The standard InChI is InChI=1S/C14H28N2O4S/c1-12(2)10-15(8-9-20-3)14(17)13-6-5-7-16(11-13)21(4,18)19/h12-13H,5-11H2,1-4H3. The van der Waals surface area contributed by atoms with Crippen LogP contribution in [0.5, 0.6) is 0 Å². The second kappa shape index (κ2) is 8.10. The summed E-state index contributed by atoms with van der Waals surface area (Å²) in [5.41, 5.74) is 0. The molecule has 1 heterocycles. The van der Waals surface area contributed by atoms with Crippen LogP contribution in [-0.2, 0) is 19.6 Å². The second-order valence-electron chi connectivity index (χ2n) is 6.13. The zero-order valence-corrected chi connectivity index (χ0v) is 14.4.